The Morgan fingerprint density at radius 2 is 2.00 bits per heavy atom. The molecule has 1 aromatic carbocycles. The average molecular weight is 285 g/mol. The molecule has 2 heterocycles. The van der Waals surface area contributed by atoms with Gasteiger partial charge in [0.1, 0.15) is 5.82 Å². The number of hydrogen-bond acceptors (Lipinski definition) is 5. The van der Waals surface area contributed by atoms with Gasteiger partial charge in [0.15, 0.2) is 11.5 Å². The minimum atomic E-state index is -0.195. The monoisotopic (exact) mass is 285 g/mol. The topological polar surface area (TPSA) is 63.7 Å². The van der Waals surface area contributed by atoms with Crippen molar-refractivity contribution >= 4 is 17.4 Å². The second-order valence-corrected chi connectivity index (χ2v) is 4.82. The fraction of sp³-hybridized carbons (Fsp3) is 0.200. The number of carbonyl (C=O) groups is 1. The molecule has 108 valence electrons. The fourth-order valence-electron chi connectivity index (χ4n) is 1.98. The molecule has 0 bridgehead atoms. The molecule has 0 unspecified atom stereocenters. The lowest BCUT2D eigenvalue weighted by Gasteiger charge is -2.12. The number of rotatable bonds is 3. The number of ether oxygens (including phenoxy) is 2. The fourth-order valence-corrected chi connectivity index (χ4v) is 1.98. The summed E-state index contributed by atoms with van der Waals surface area (Å²) in [7, 11) is 3.75. The van der Waals surface area contributed by atoms with Crippen LogP contribution < -0.4 is 19.7 Å². The van der Waals surface area contributed by atoms with E-state index < -0.39 is 0 Å². The highest BCUT2D eigenvalue weighted by atomic mass is 16.7. The molecular weight excluding hydrogens is 270 g/mol. The summed E-state index contributed by atoms with van der Waals surface area (Å²) in [4.78, 5) is 18.3. The first kappa shape index (κ1) is 13.2. The Hall–Kier alpha value is -2.76. The summed E-state index contributed by atoms with van der Waals surface area (Å²) >= 11 is 0. The Bertz CT molecular complexity index is 686. The smallest absolute Gasteiger partial charge is 0.255 e. The van der Waals surface area contributed by atoms with Crippen LogP contribution in [0.4, 0.5) is 11.5 Å². The normalized spacial score (nSPS) is 12.1. The van der Waals surface area contributed by atoms with Crippen LogP contribution in [0.1, 0.15) is 10.4 Å². The highest BCUT2D eigenvalue weighted by molar-refractivity contribution is 6.04. The molecule has 1 amide bonds. The minimum Gasteiger partial charge on any atom is -0.454 e. The summed E-state index contributed by atoms with van der Waals surface area (Å²) in [6.45, 7) is 0.212. The van der Waals surface area contributed by atoms with Crippen LogP contribution in [-0.2, 0) is 0 Å². The summed E-state index contributed by atoms with van der Waals surface area (Å²) in [5.41, 5.74) is 1.21. The zero-order valence-corrected chi connectivity index (χ0v) is 11.8. The second-order valence-electron chi connectivity index (χ2n) is 4.82. The van der Waals surface area contributed by atoms with Crippen molar-refractivity contribution in [2.24, 2.45) is 0 Å². The van der Waals surface area contributed by atoms with Crippen molar-refractivity contribution in [3.05, 3.63) is 42.1 Å². The van der Waals surface area contributed by atoms with E-state index in [1.165, 1.54) is 0 Å². The number of aromatic nitrogens is 1. The number of amides is 1. The molecule has 0 radical (unpaired) electrons. The molecule has 0 spiro atoms. The number of carbonyl (C=O) groups excluding carboxylic acids is 1. The zero-order valence-electron chi connectivity index (χ0n) is 11.8. The minimum absolute atomic E-state index is 0.195. The molecule has 0 aliphatic carbocycles. The van der Waals surface area contributed by atoms with Gasteiger partial charge in [0.2, 0.25) is 6.79 Å². The molecule has 21 heavy (non-hydrogen) atoms. The van der Waals surface area contributed by atoms with Gasteiger partial charge in [0.05, 0.1) is 0 Å². The standard InChI is InChI=1S/C15H15N3O3/c1-18(2)14-7-10(5-6-16-14)15(19)17-11-3-4-12-13(8-11)21-9-20-12/h3-8H,9H2,1-2H3,(H,17,19). The van der Waals surface area contributed by atoms with Crippen LogP contribution in [0.25, 0.3) is 0 Å². The van der Waals surface area contributed by atoms with Gasteiger partial charge in [-0.15, -0.1) is 0 Å². The molecule has 1 N–H and O–H groups in total. The lowest BCUT2D eigenvalue weighted by atomic mass is 10.2. The number of benzene rings is 1. The number of pyridine rings is 1. The Balaban J connectivity index is 1.78. The van der Waals surface area contributed by atoms with E-state index in [-0.39, 0.29) is 12.7 Å². The van der Waals surface area contributed by atoms with Crippen molar-refractivity contribution in [2.45, 2.75) is 0 Å². The molecule has 6 heteroatoms. The van der Waals surface area contributed by atoms with E-state index in [0.717, 1.165) is 5.82 Å². The lowest BCUT2D eigenvalue weighted by Crippen LogP contribution is -2.15. The lowest BCUT2D eigenvalue weighted by molar-refractivity contribution is 0.102. The Labute approximate surface area is 122 Å². The van der Waals surface area contributed by atoms with E-state index >= 15 is 0 Å². The van der Waals surface area contributed by atoms with Crippen LogP contribution in [0.3, 0.4) is 0 Å². The third-order valence-corrected chi connectivity index (χ3v) is 3.10. The van der Waals surface area contributed by atoms with Crippen LogP contribution in [-0.4, -0.2) is 31.8 Å². The van der Waals surface area contributed by atoms with E-state index in [1.54, 1.807) is 36.5 Å². The Morgan fingerprint density at radius 3 is 2.81 bits per heavy atom. The van der Waals surface area contributed by atoms with Crippen molar-refractivity contribution in [2.75, 3.05) is 31.1 Å². The summed E-state index contributed by atoms with van der Waals surface area (Å²) in [6.07, 6.45) is 1.61. The number of hydrogen-bond donors (Lipinski definition) is 1. The summed E-state index contributed by atoms with van der Waals surface area (Å²) in [5, 5.41) is 2.83. The summed E-state index contributed by atoms with van der Waals surface area (Å²) < 4.78 is 10.5. The third kappa shape index (κ3) is 2.74. The van der Waals surface area contributed by atoms with Crippen molar-refractivity contribution in [3.8, 4) is 11.5 Å². The number of nitrogens with zero attached hydrogens (tertiary/aromatic N) is 2. The first-order valence-electron chi connectivity index (χ1n) is 6.48. The highest BCUT2D eigenvalue weighted by Gasteiger charge is 2.15. The SMILES string of the molecule is CN(C)c1cc(C(=O)Nc2ccc3c(c2)OCO3)ccn1. The summed E-state index contributed by atoms with van der Waals surface area (Å²) in [6, 6.07) is 8.71. The summed E-state index contributed by atoms with van der Waals surface area (Å²) in [5.74, 6) is 1.86. The Morgan fingerprint density at radius 1 is 1.19 bits per heavy atom. The van der Waals surface area contributed by atoms with Crippen molar-refractivity contribution in [1.82, 2.24) is 4.98 Å². The Kier molecular flexibility index (Phi) is 3.35. The third-order valence-electron chi connectivity index (χ3n) is 3.10. The maximum Gasteiger partial charge on any atom is 0.255 e. The molecule has 0 saturated carbocycles. The van der Waals surface area contributed by atoms with Gasteiger partial charge in [0, 0.05) is 37.6 Å². The molecule has 0 fully saturated rings. The van der Waals surface area contributed by atoms with Gasteiger partial charge in [0.25, 0.3) is 5.91 Å². The van der Waals surface area contributed by atoms with Gasteiger partial charge in [-0.05, 0) is 24.3 Å². The van der Waals surface area contributed by atoms with Crippen LogP contribution in [0.2, 0.25) is 0 Å². The van der Waals surface area contributed by atoms with E-state index in [1.807, 2.05) is 19.0 Å². The quantitative estimate of drug-likeness (QED) is 0.936. The largest absolute Gasteiger partial charge is 0.454 e. The first-order valence-corrected chi connectivity index (χ1v) is 6.48. The van der Waals surface area contributed by atoms with E-state index in [2.05, 4.69) is 10.3 Å². The maximum atomic E-state index is 12.3. The molecule has 1 aromatic heterocycles. The van der Waals surface area contributed by atoms with Crippen LogP contribution >= 0.6 is 0 Å². The maximum absolute atomic E-state index is 12.3. The molecule has 1 aliphatic rings. The molecule has 6 nitrogen and oxygen atoms in total. The van der Waals surface area contributed by atoms with E-state index in [4.69, 9.17) is 9.47 Å². The van der Waals surface area contributed by atoms with Gasteiger partial charge < -0.3 is 19.7 Å². The van der Waals surface area contributed by atoms with Gasteiger partial charge in [-0.1, -0.05) is 0 Å². The second kappa shape index (κ2) is 5.32. The van der Waals surface area contributed by atoms with Crippen LogP contribution in [0.15, 0.2) is 36.5 Å². The van der Waals surface area contributed by atoms with Gasteiger partial charge in [-0.3, -0.25) is 4.79 Å². The number of nitrogens with one attached hydrogen (secondary N) is 1. The number of fused-ring (bicyclic) bond motifs is 1. The van der Waals surface area contributed by atoms with Gasteiger partial charge in [-0.25, -0.2) is 4.98 Å². The van der Waals surface area contributed by atoms with Gasteiger partial charge in [-0.2, -0.15) is 0 Å². The van der Waals surface area contributed by atoms with E-state index in [9.17, 15) is 4.79 Å². The molecule has 0 atom stereocenters. The molecular formula is C15H15N3O3. The van der Waals surface area contributed by atoms with Crippen LogP contribution in [0.5, 0.6) is 11.5 Å². The predicted octanol–water partition coefficient (Wildman–Crippen LogP) is 2.13. The van der Waals surface area contributed by atoms with Crippen molar-refractivity contribution in [1.29, 1.82) is 0 Å². The molecule has 1 aliphatic heterocycles. The van der Waals surface area contributed by atoms with Crippen molar-refractivity contribution in [3.63, 3.8) is 0 Å². The predicted molar refractivity (Wildman–Crippen MR) is 79.1 cm³/mol. The molecule has 0 saturated heterocycles. The average Bonchev–Trinajstić information content (AvgIpc) is 2.95. The zero-order chi connectivity index (χ0) is 14.8. The number of anilines is 2. The molecule has 2 aromatic rings. The van der Waals surface area contributed by atoms with Gasteiger partial charge >= 0.3 is 0 Å². The highest BCUT2D eigenvalue weighted by Crippen LogP contribution is 2.34. The van der Waals surface area contributed by atoms with Crippen molar-refractivity contribution < 1.29 is 14.3 Å². The van der Waals surface area contributed by atoms with E-state index in [0.29, 0.717) is 22.7 Å². The van der Waals surface area contributed by atoms with Crippen LogP contribution in [0, 0.1) is 0 Å². The first-order chi connectivity index (χ1) is 10.1. The molecule has 3 rings (SSSR count).